The van der Waals surface area contributed by atoms with Gasteiger partial charge in [0, 0.05) is 18.1 Å². The van der Waals surface area contributed by atoms with Crippen LogP contribution in [0.1, 0.15) is 21.6 Å². The molecule has 4 aromatic heterocycles. The van der Waals surface area contributed by atoms with Gasteiger partial charge in [-0.25, -0.2) is 4.98 Å². The van der Waals surface area contributed by atoms with Crippen molar-refractivity contribution in [3.8, 4) is 11.5 Å². The van der Waals surface area contributed by atoms with Crippen LogP contribution in [0.5, 0.6) is 0 Å². The number of carbonyl (C=O) groups excluding carboxylic acids is 1. The van der Waals surface area contributed by atoms with Crippen LogP contribution in [-0.2, 0) is 6.54 Å². The number of thiazole rings is 1. The quantitative estimate of drug-likeness (QED) is 0.432. The Kier molecular flexibility index (Phi) is 4.61. The van der Waals surface area contributed by atoms with Crippen LogP contribution in [0.25, 0.3) is 22.6 Å². The Morgan fingerprint density at radius 1 is 1.20 bits per heavy atom. The number of aromatic nitrogens is 3. The van der Waals surface area contributed by atoms with E-state index in [1.165, 1.54) is 11.3 Å². The zero-order valence-corrected chi connectivity index (χ0v) is 16.8. The van der Waals surface area contributed by atoms with Gasteiger partial charge in [0.25, 0.3) is 11.6 Å². The first-order chi connectivity index (χ1) is 14.7. The van der Waals surface area contributed by atoms with Crippen molar-refractivity contribution in [2.75, 3.05) is 0 Å². The molecule has 0 radical (unpaired) electrons. The number of amides is 1. The average molecular weight is 416 g/mol. The van der Waals surface area contributed by atoms with Gasteiger partial charge in [-0.2, -0.15) is 4.99 Å². The molecule has 7 nitrogen and oxygen atoms in total. The summed E-state index contributed by atoms with van der Waals surface area (Å²) in [5, 5.41) is 6.44. The summed E-state index contributed by atoms with van der Waals surface area (Å²) in [6.45, 7) is 2.41. The normalized spacial score (nSPS) is 12.0. The van der Waals surface area contributed by atoms with Crippen LogP contribution in [0, 0.1) is 6.92 Å². The van der Waals surface area contributed by atoms with E-state index < -0.39 is 0 Å². The van der Waals surface area contributed by atoms with Gasteiger partial charge in [-0.3, -0.25) is 4.79 Å². The lowest BCUT2D eigenvalue weighted by atomic mass is 10.1. The molecule has 0 spiro atoms. The minimum Gasteiger partial charge on any atom is -0.463 e. The second-order valence-corrected chi connectivity index (χ2v) is 7.57. The van der Waals surface area contributed by atoms with Crippen LogP contribution in [-0.4, -0.2) is 20.6 Å². The van der Waals surface area contributed by atoms with Gasteiger partial charge in [-0.15, -0.1) is 11.3 Å². The minimum atomic E-state index is -0.384. The summed E-state index contributed by atoms with van der Waals surface area (Å²) in [6.07, 6.45) is 3.47. The molecule has 1 aromatic carbocycles. The van der Waals surface area contributed by atoms with Crippen molar-refractivity contribution < 1.29 is 13.7 Å². The van der Waals surface area contributed by atoms with E-state index in [0.29, 0.717) is 39.4 Å². The molecule has 4 heterocycles. The SMILES string of the molecule is Cc1noc2nc(-c3ccco3)cc(C(=O)N=c3sccn3Cc3ccccc3)c12. The van der Waals surface area contributed by atoms with Crippen molar-refractivity contribution in [1.29, 1.82) is 0 Å². The summed E-state index contributed by atoms with van der Waals surface area (Å²) < 4.78 is 12.7. The summed E-state index contributed by atoms with van der Waals surface area (Å²) in [4.78, 5) is 22.6. The Morgan fingerprint density at radius 3 is 2.87 bits per heavy atom. The third kappa shape index (κ3) is 3.37. The molecule has 0 saturated heterocycles. The molecule has 0 fully saturated rings. The first kappa shape index (κ1) is 18.3. The van der Waals surface area contributed by atoms with Gasteiger partial charge < -0.3 is 13.5 Å². The van der Waals surface area contributed by atoms with Crippen LogP contribution in [0.15, 0.2) is 80.3 Å². The lowest BCUT2D eigenvalue weighted by Gasteiger charge is -2.04. The number of aryl methyl sites for hydroxylation is 1. The molecule has 5 aromatic rings. The Labute approximate surface area is 174 Å². The Bertz CT molecular complexity index is 1400. The topological polar surface area (TPSA) is 86.4 Å². The number of furan rings is 1. The van der Waals surface area contributed by atoms with Crippen molar-refractivity contribution >= 4 is 28.3 Å². The van der Waals surface area contributed by atoms with Gasteiger partial charge >= 0.3 is 0 Å². The predicted molar refractivity (Wildman–Crippen MR) is 112 cm³/mol. The fourth-order valence-corrected chi connectivity index (χ4v) is 3.97. The molecular formula is C22H16N4O3S. The zero-order valence-electron chi connectivity index (χ0n) is 16.0. The second-order valence-electron chi connectivity index (χ2n) is 6.70. The molecule has 1 amide bonds. The number of hydrogen-bond donors (Lipinski definition) is 0. The van der Waals surface area contributed by atoms with Gasteiger partial charge in [-0.05, 0) is 30.7 Å². The fraction of sp³-hybridized carbons (Fsp3) is 0.0909. The van der Waals surface area contributed by atoms with Gasteiger partial charge in [0.05, 0.1) is 22.9 Å². The number of fused-ring (bicyclic) bond motifs is 1. The molecule has 0 aliphatic rings. The highest BCUT2D eigenvalue weighted by atomic mass is 32.1. The summed E-state index contributed by atoms with van der Waals surface area (Å²) in [6, 6.07) is 15.2. The monoisotopic (exact) mass is 416 g/mol. The molecule has 0 atom stereocenters. The number of nitrogens with zero attached hydrogens (tertiary/aromatic N) is 4. The van der Waals surface area contributed by atoms with Crippen LogP contribution >= 0.6 is 11.3 Å². The predicted octanol–water partition coefficient (Wildman–Crippen LogP) is 4.44. The number of benzene rings is 1. The van der Waals surface area contributed by atoms with Gasteiger partial charge in [0.15, 0.2) is 10.6 Å². The molecule has 0 unspecified atom stereocenters. The molecule has 0 aliphatic heterocycles. The lowest BCUT2D eigenvalue weighted by molar-refractivity contribution is 0.0999. The van der Waals surface area contributed by atoms with Gasteiger partial charge in [0.2, 0.25) is 0 Å². The molecule has 5 rings (SSSR count). The van der Waals surface area contributed by atoms with E-state index in [1.807, 2.05) is 46.5 Å². The molecule has 8 heteroatoms. The molecular weight excluding hydrogens is 400 g/mol. The second kappa shape index (κ2) is 7.57. The van der Waals surface area contributed by atoms with Gasteiger partial charge in [-0.1, -0.05) is 35.5 Å². The van der Waals surface area contributed by atoms with E-state index in [9.17, 15) is 4.79 Å². The van der Waals surface area contributed by atoms with E-state index in [2.05, 4.69) is 15.1 Å². The molecule has 30 heavy (non-hydrogen) atoms. The van der Waals surface area contributed by atoms with E-state index in [-0.39, 0.29) is 11.6 Å². The highest BCUT2D eigenvalue weighted by molar-refractivity contribution is 7.07. The van der Waals surface area contributed by atoms with Crippen molar-refractivity contribution in [1.82, 2.24) is 14.7 Å². The zero-order chi connectivity index (χ0) is 20.5. The largest absolute Gasteiger partial charge is 0.463 e. The number of carbonyl (C=O) groups is 1. The highest BCUT2D eigenvalue weighted by Crippen LogP contribution is 2.27. The Morgan fingerprint density at radius 2 is 2.07 bits per heavy atom. The highest BCUT2D eigenvalue weighted by Gasteiger charge is 2.20. The average Bonchev–Trinajstić information content (AvgIpc) is 3.51. The molecule has 0 aliphatic carbocycles. The van der Waals surface area contributed by atoms with Crippen molar-refractivity contribution in [3.05, 3.63) is 88.0 Å². The minimum absolute atomic E-state index is 0.281. The Balaban J connectivity index is 1.59. The number of pyridine rings is 1. The molecule has 0 bridgehead atoms. The summed E-state index contributed by atoms with van der Waals surface area (Å²) in [5.74, 6) is 0.154. The van der Waals surface area contributed by atoms with Crippen LogP contribution in [0.4, 0.5) is 0 Å². The third-order valence-electron chi connectivity index (χ3n) is 4.67. The Hall–Kier alpha value is -3.78. The number of hydrogen-bond acceptors (Lipinski definition) is 6. The first-order valence-corrected chi connectivity index (χ1v) is 10.1. The smallest absolute Gasteiger partial charge is 0.280 e. The molecule has 0 saturated carbocycles. The van der Waals surface area contributed by atoms with Crippen LogP contribution in [0.3, 0.4) is 0 Å². The third-order valence-corrected chi connectivity index (χ3v) is 5.47. The van der Waals surface area contributed by atoms with Crippen molar-refractivity contribution in [3.63, 3.8) is 0 Å². The standard InChI is InChI=1S/C22H16N4O3S/c1-14-19-16(12-17(18-8-5-10-28-18)23-21(19)29-25-14)20(27)24-22-26(9-11-30-22)13-15-6-3-2-4-7-15/h2-12H,13H2,1H3. The number of rotatable bonds is 4. The summed E-state index contributed by atoms with van der Waals surface area (Å²) >= 11 is 1.41. The van der Waals surface area contributed by atoms with Crippen molar-refractivity contribution in [2.45, 2.75) is 13.5 Å². The van der Waals surface area contributed by atoms with Crippen molar-refractivity contribution in [2.24, 2.45) is 4.99 Å². The maximum Gasteiger partial charge on any atom is 0.280 e. The van der Waals surface area contributed by atoms with E-state index in [4.69, 9.17) is 8.94 Å². The van der Waals surface area contributed by atoms with Gasteiger partial charge in [0.1, 0.15) is 5.69 Å². The van der Waals surface area contributed by atoms with Crippen LogP contribution in [0.2, 0.25) is 0 Å². The first-order valence-electron chi connectivity index (χ1n) is 9.27. The summed E-state index contributed by atoms with van der Waals surface area (Å²) in [7, 11) is 0. The maximum atomic E-state index is 13.2. The van der Waals surface area contributed by atoms with E-state index in [0.717, 1.165) is 5.56 Å². The van der Waals surface area contributed by atoms with Crippen LogP contribution < -0.4 is 4.80 Å². The fourth-order valence-electron chi connectivity index (χ4n) is 3.25. The maximum absolute atomic E-state index is 13.2. The molecule has 0 N–H and O–H groups in total. The van der Waals surface area contributed by atoms with E-state index >= 15 is 0 Å². The lowest BCUT2D eigenvalue weighted by Crippen LogP contribution is -2.17. The summed E-state index contributed by atoms with van der Waals surface area (Å²) in [5.41, 5.74) is 2.87. The molecule has 148 valence electrons. The van der Waals surface area contributed by atoms with E-state index in [1.54, 1.807) is 31.4 Å².